The normalized spacial score (nSPS) is 15.7. The molecule has 1 aliphatic heterocycles. The molecule has 30 heavy (non-hydrogen) atoms. The Morgan fingerprint density at radius 1 is 1.17 bits per heavy atom. The Balaban J connectivity index is 1.62. The van der Waals surface area contributed by atoms with E-state index in [4.69, 9.17) is 4.74 Å². The van der Waals surface area contributed by atoms with Crippen molar-refractivity contribution >= 4 is 26.8 Å². The molecule has 2 aromatic rings. The molecule has 0 saturated carbocycles. The summed E-state index contributed by atoms with van der Waals surface area (Å²) in [4.78, 5) is 21.4. The van der Waals surface area contributed by atoms with E-state index < -0.39 is 9.84 Å². The highest BCUT2D eigenvalue weighted by atomic mass is 32.2. The van der Waals surface area contributed by atoms with Crippen molar-refractivity contribution in [2.75, 3.05) is 51.8 Å². The Labute approximate surface area is 177 Å². The van der Waals surface area contributed by atoms with Crippen LogP contribution in [0.4, 0.5) is 0 Å². The van der Waals surface area contributed by atoms with Gasteiger partial charge in [-0.1, -0.05) is 0 Å². The monoisotopic (exact) mass is 437 g/mol. The van der Waals surface area contributed by atoms with Gasteiger partial charge in [0.05, 0.1) is 18.2 Å². The molecule has 0 spiro atoms. The predicted molar refractivity (Wildman–Crippen MR) is 116 cm³/mol. The average molecular weight is 438 g/mol. The van der Waals surface area contributed by atoms with Crippen LogP contribution in [0.25, 0.3) is 11.0 Å². The molecule has 0 atom stereocenters. The SMILES string of the molecule is COc1nn(C)c2nc(C)c(CCC(=O)N3CCN(CCS(C)(=O)=O)CC3)c(C)c12. The molecule has 3 rings (SSSR count). The summed E-state index contributed by atoms with van der Waals surface area (Å²) in [5.74, 6) is 0.831. The number of methoxy groups -OCH3 is 1. The first kappa shape index (κ1) is 22.5. The van der Waals surface area contributed by atoms with Crippen molar-refractivity contribution < 1.29 is 17.9 Å². The van der Waals surface area contributed by atoms with Crippen molar-refractivity contribution in [2.24, 2.45) is 7.05 Å². The zero-order valence-corrected chi connectivity index (χ0v) is 19.3. The Morgan fingerprint density at radius 2 is 1.83 bits per heavy atom. The number of carbonyl (C=O) groups excluding carboxylic acids is 1. The van der Waals surface area contributed by atoms with Gasteiger partial charge in [-0.15, -0.1) is 5.10 Å². The first-order chi connectivity index (χ1) is 14.1. The van der Waals surface area contributed by atoms with Crippen molar-refractivity contribution in [3.63, 3.8) is 0 Å². The number of aryl methyl sites for hydroxylation is 3. The van der Waals surface area contributed by atoms with Crippen LogP contribution < -0.4 is 4.74 Å². The zero-order valence-electron chi connectivity index (χ0n) is 18.4. The number of amides is 1. The molecule has 0 bridgehead atoms. The molecule has 3 heterocycles. The van der Waals surface area contributed by atoms with Gasteiger partial charge < -0.3 is 9.64 Å². The minimum atomic E-state index is -2.96. The van der Waals surface area contributed by atoms with E-state index >= 15 is 0 Å². The van der Waals surface area contributed by atoms with Crippen LogP contribution in [0.3, 0.4) is 0 Å². The zero-order chi connectivity index (χ0) is 22.1. The van der Waals surface area contributed by atoms with E-state index in [9.17, 15) is 13.2 Å². The van der Waals surface area contributed by atoms with Gasteiger partial charge in [0.1, 0.15) is 9.84 Å². The topological polar surface area (TPSA) is 97.6 Å². The molecule has 0 unspecified atom stereocenters. The molecule has 1 amide bonds. The van der Waals surface area contributed by atoms with E-state index in [1.54, 1.807) is 11.8 Å². The summed E-state index contributed by atoms with van der Waals surface area (Å²) in [5.41, 5.74) is 3.81. The lowest BCUT2D eigenvalue weighted by atomic mass is 10.00. The first-order valence-electron chi connectivity index (χ1n) is 10.2. The summed E-state index contributed by atoms with van der Waals surface area (Å²) in [6, 6.07) is 0. The second-order valence-electron chi connectivity index (χ2n) is 7.98. The lowest BCUT2D eigenvalue weighted by molar-refractivity contribution is -0.132. The number of rotatable bonds is 7. The molecule has 1 fully saturated rings. The largest absolute Gasteiger partial charge is 0.479 e. The molecule has 0 aromatic carbocycles. The molecule has 2 aromatic heterocycles. The van der Waals surface area contributed by atoms with Crippen molar-refractivity contribution in [1.82, 2.24) is 24.6 Å². The highest BCUT2D eigenvalue weighted by Gasteiger charge is 2.23. The second kappa shape index (κ2) is 8.89. The maximum atomic E-state index is 12.8. The van der Waals surface area contributed by atoms with Crippen LogP contribution in [-0.2, 0) is 28.1 Å². The third kappa shape index (κ3) is 4.92. The van der Waals surface area contributed by atoms with Crippen molar-refractivity contribution in [3.8, 4) is 5.88 Å². The molecule has 166 valence electrons. The van der Waals surface area contributed by atoms with Gasteiger partial charge in [0.2, 0.25) is 11.8 Å². The fourth-order valence-corrected chi connectivity index (χ4v) is 4.60. The van der Waals surface area contributed by atoms with Gasteiger partial charge in [0.25, 0.3) is 0 Å². The third-order valence-corrected chi connectivity index (χ3v) is 6.73. The summed E-state index contributed by atoms with van der Waals surface area (Å²) >= 11 is 0. The molecule has 1 aliphatic rings. The van der Waals surface area contributed by atoms with Crippen LogP contribution in [0, 0.1) is 13.8 Å². The minimum Gasteiger partial charge on any atom is -0.479 e. The third-order valence-electron chi connectivity index (χ3n) is 5.81. The van der Waals surface area contributed by atoms with Crippen molar-refractivity contribution in [1.29, 1.82) is 0 Å². The predicted octanol–water partition coefficient (Wildman–Crippen LogP) is 0.715. The highest BCUT2D eigenvalue weighted by Crippen LogP contribution is 2.30. The maximum Gasteiger partial charge on any atom is 0.242 e. The van der Waals surface area contributed by atoms with Crippen LogP contribution in [0.15, 0.2) is 0 Å². The molecular weight excluding hydrogens is 406 g/mol. The van der Waals surface area contributed by atoms with Crippen LogP contribution in [0.1, 0.15) is 23.2 Å². The smallest absolute Gasteiger partial charge is 0.242 e. The maximum absolute atomic E-state index is 12.8. The van der Waals surface area contributed by atoms with E-state index in [2.05, 4.69) is 15.0 Å². The summed E-state index contributed by atoms with van der Waals surface area (Å²) in [5, 5.41) is 5.27. The summed E-state index contributed by atoms with van der Waals surface area (Å²) in [6.07, 6.45) is 2.29. The number of carbonyl (C=O) groups is 1. The fourth-order valence-electron chi connectivity index (χ4n) is 4.01. The van der Waals surface area contributed by atoms with Gasteiger partial charge in [-0.3, -0.25) is 9.69 Å². The van der Waals surface area contributed by atoms with E-state index in [0.717, 1.165) is 27.9 Å². The number of fused-ring (bicyclic) bond motifs is 1. The number of pyridine rings is 1. The van der Waals surface area contributed by atoms with Gasteiger partial charge in [-0.05, 0) is 31.4 Å². The minimum absolute atomic E-state index is 0.120. The Bertz CT molecular complexity index is 1040. The number of aromatic nitrogens is 3. The molecule has 1 saturated heterocycles. The Hall–Kier alpha value is -2.20. The lowest BCUT2D eigenvalue weighted by Crippen LogP contribution is -2.49. The number of ether oxygens (including phenoxy) is 1. The molecular formula is C20H31N5O4S. The summed E-state index contributed by atoms with van der Waals surface area (Å²) in [6.45, 7) is 7.20. The van der Waals surface area contributed by atoms with E-state index in [1.165, 1.54) is 6.26 Å². The summed E-state index contributed by atoms with van der Waals surface area (Å²) < 4.78 is 29.8. The fraction of sp³-hybridized carbons (Fsp3) is 0.650. The van der Waals surface area contributed by atoms with Crippen LogP contribution in [0.5, 0.6) is 5.88 Å². The van der Waals surface area contributed by atoms with E-state index in [1.807, 2.05) is 25.8 Å². The Morgan fingerprint density at radius 3 is 2.43 bits per heavy atom. The number of hydrogen-bond donors (Lipinski definition) is 0. The van der Waals surface area contributed by atoms with E-state index in [0.29, 0.717) is 51.4 Å². The van der Waals surface area contributed by atoms with Gasteiger partial charge in [0, 0.05) is 58.1 Å². The number of sulfone groups is 1. The van der Waals surface area contributed by atoms with Crippen molar-refractivity contribution in [3.05, 3.63) is 16.8 Å². The molecule has 0 radical (unpaired) electrons. The number of hydrogen-bond acceptors (Lipinski definition) is 7. The Kier molecular flexibility index (Phi) is 6.66. The molecule has 0 aliphatic carbocycles. The van der Waals surface area contributed by atoms with Crippen molar-refractivity contribution in [2.45, 2.75) is 26.7 Å². The van der Waals surface area contributed by atoms with Crippen LogP contribution in [-0.4, -0.2) is 90.7 Å². The number of piperazine rings is 1. The quantitative estimate of drug-likeness (QED) is 0.629. The van der Waals surface area contributed by atoms with Crippen LogP contribution in [0.2, 0.25) is 0 Å². The molecule has 10 heteroatoms. The average Bonchev–Trinajstić information content (AvgIpc) is 3.01. The standard InChI is InChI=1S/C20H31N5O4S/c1-14-16(15(2)21-19-18(14)20(29-4)22-23(19)3)6-7-17(26)25-10-8-24(9-11-25)12-13-30(5,27)28/h6-13H2,1-5H3. The van der Waals surface area contributed by atoms with Gasteiger partial charge >= 0.3 is 0 Å². The van der Waals surface area contributed by atoms with Gasteiger partial charge in [-0.25, -0.2) is 18.1 Å². The van der Waals surface area contributed by atoms with E-state index in [-0.39, 0.29) is 11.7 Å². The molecule has 9 nitrogen and oxygen atoms in total. The highest BCUT2D eigenvalue weighted by molar-refractivity contribution is 7.90. The lowest BCUT2D eigenvalue weighted by Gasteiger charge is -2.34. The second-order valence-corrected chi connectivity index (χ2v) is 10.2. The number of nitrogens with zero attached hydrogens (tertiary/aromatic N) is 5. The first-order valence-corrected chi connectivity index (χ1v) is 12.2. The van der Waals surface area contributed by atoms with Crippen LogP contribution >= 0.6 is 0 Å². The molecule has 0 N–H and O–H groups in total. The van der Waals surface area contributed by atoms with Gasteiger partial charge in [-0.2, -0.15) is 0 Å². The summed E-state index contributed by atoms with van der Waals surface area (Å²) in [7, 11) is 0.477. The van der Waals surface area contributed by atoms with Gasteiger partial charge in [0.15, 0.2) is 5.65 Å².